The largest absolute Gasteiger partial charge is 0.394 e. The summed E-state index contributed by atoms with van der Waals surface area (Å²) in [6, 6.07) is 0. The molecule has 200 valence electrons. The molecule has 0 bridgehead atoms. The van der Waals surface area contributed by atoms with Crippen LogP contribution in [0.4, 0.5) is 0 Å². The topological polar surface area (TPSA) is 269 Å². The highest BCUT2D eigenvalue weighted by Crippen LogP contribution is 2.32. The molecule has 3 fully saturated rings. The SMILES string of the molecule is OC[C@H]1O[C@@H](O[C@@H]2[C@@H](O[C@H]3O[C@H](CO)[C@@H](O)[C@H](O)[C@H]3O)[C@H](O)[C@@H](CO)O[C@@H]2O)[C@H](O)[C@@H](O)[C@@H]1O. The zero-order valence-electron chi connectivity index (χ0n) is 17.7. The Kier molecular flexibility index (Phi) is 9.54. The van der Waals surface area contributed by atoms with Gasteiger partial charge >= 0.3 is 0 Å². The van der Waals surface area contributed by atoms with Gasteiger partial charge in [-0.1, -0.05) is 0 Å². The van der Waals surface area contributed by atoms with Crippen LogP contribution < -0.4 is 0 Å². The van der Waals surface area contributed by atoms with E-state index in [9.17, 15) is 56.2 Å². The monoisotopic (exact) mass is 504 g/mol. The Labute approximate surface area is 192 Å². The lowest BCUT2D eigenvalue weighted by molar-refractivity contribution is -0.387. The summed E-state index contributed by atoms with van der Waals surface area (Å²) in [5, 5.41) is 109. The van der Waals surface area contributed by atoms with Crippen molar-refractivity contribution in [2.45, 2.75) is 92.1 Å². The summed E-state index contributed by atoms with van der Waals surface area (Å²) in [7, 11) is 0. The van der Waals surface area contributed by atoms with E-state index in [4.69, 9.17) is 23.7 Å². The maximum atomic E-state index is 10.6. The Bertz CT molecular complexity index is 637. The number of aliphatic hydroxyl groups excluding tert-OH is 11. The number of aliphatic hydroxyl groups is 11. The molecule has 0 aromatic rings. The Morgan fingerprint density at radius 3 is 1.24 bits per heavy atom. The molecule has 3 saturated heterocycles. The van der Waals surface area contributed by atoms with Gasteiger partial charge in [-0.3, -0.25) is 0 Å². The first-order valence-electron chi connectivity index (χ1n) is 10.6. The highest BCUT2D eigenvalue weighted by atomic mass is 16.8. The minimum absolute atomic E-state index is 0.769. The number of hydrogen-bond acceptors (Lipinski definition) is 16. The number of ether oxygens (including phenoxy) is 5. The zero-order chi connectivity index (χ0) is 25.3. The van der Waals surface area contributed by atoms with Crippen molar-refractivity contribution >= 4 is 0 Å². The molecule has 16 heteroatoms. The van der Waals surface area contributed by atoms with Gasteiger partial charge in [0.25, 0.3) is 0 Å². The van der Waals surface area contributed by atoms with E-state index >= 15 is 0 Å². The van der Waals surface area contributed by atoms with E-state index in [1.54, 1.807) is 0 Å². The molecule has 0 aromatic heterocycles. The second kappa shape index (κ2) is 11.6. The average molecular weight is 504 g/mol. The smallest absolute Gasteiger partial charge is 0.187 e. The third kappa shape index (κ3) is 5.37. The molecule has 3 heterocycles. The molecular formula is C18H32O16. The molecule has 3 aliphatic heterocycles. The predicted octanol–water partition coefficient (Wildman–Crippen LogP) is -7.57. The minimum Gasteiger partial charge on any atom is -0.394 e. The van der Waals surface area contributed by atoms with E-state index in [0.29, 0.717) is 0 Å². The van der Waals surface area contributed by atoms with Gasteiger partial charge in [0.05, 0.1) is 19.8 Å². The van der Waals surface area contributed by atoms with Crippen LogP contribution in [-0.2, 0) is 23.7 Å². The van der Waals surface area contributed by atoms with Crippen LogP contribution in [0.1, 0.15) is 0 Å². The van der Waals surface area contributed by atoms with Gasteiger partial charge in [-0.25, -0.2) is 0 Å². The van der Waals surface area contributed by atoms with Crippen LogP contribution in [-0.4, -0.2) is 168 Å². The lowest BCUT2D eigenvalue weighted by Crippen LogP contribution is -2.67. The molecule has 0 aliphatic carbocycles. The van der Waals surface area contributed by atoms with E-state index in [1.807, 2.05) is 0 Å². The quantitative estimate of drug-likeness (QED) is 0.154. The van der Waals surface area contributed by atoms with Crippen molar-refractivity contribution in [2.24, 2.45) is 0 Å². The maximum absolute atomic E-state index is 10.6. The summed E-state index contributed by atoms with van der Waals surface area (Å²) < 4.78 is 26.5. The first-order chi connectivity index (χ1) is 16.0. The van der Waals surface area contributed by atoms with Gasteiger partial charge in [-0.15, -0.1) is 0 Å². The molecule has 0 saturated carbocycles. The standard InChI is InChI=1S/C18H32O16/c19-1-4-7(22)10(25)12(27)17(31-4)33-14-9(24)6(3-21)30-16(29)15(14)34-18-13(28)11(26)8(23)5(2-20)32-18/h4-29H,1-3H2/t4-,5-,6-,7-,8-,9-,10+,11+,12-,13-,14+,15-,16+,17-,18+/m1/s1. The maximum Gasteiger partial charge on any atom is 0.187 e. The van der Waals surface area contributed by atoms with Crippen LogP contribution in [0, 0.1) is 0 Å². The van der Waals surface area contributed by atoms with Crippen molar-refractivity contribution in [1.82, 2.24) is 0 Å². The Hall–Kier alpha value is -0.640. The van der Waals surface area contributed by atoms with Crippen LogP contribution in [0.25, 0.3) is 0 Å². The van der Waals surface area contributed by atoms with E-state index in [-0.39, 0.29) is 0 Å². The van der Waals surface area contributed by atoms with Gasteiger partial charge in [-0.05, 0) is 0 Å². The summed E-state index contributed by atoms with van der Waals surface area (Å²) in [6.45, 7) is -2.33. The predicted molar refractivity (Wildman–Crippen MR) is 101 cm³/mol. The van der Waals surface area contributed by atoms with Crippen molar-refractivity contribution in [2.75, 3.05) is 19.8 Å². The lowest BCUT2D eigenvalue weighted by Gasteiger charge is -2.48. The third-order valence-corrected chi connectivity index (χ3v) is 6.10. The third-order valence-electron chi connectivity index (χ3n) is 6.10. The van der Waals surface area contributed by atoms with Crippen molar-refractivity contribution in [1.29, 1.82) is 0 Å². The molecule has 16 nitrogen and oxygen atoms in total. The fourth-order valence-corrected chi connectivity index (χ4v) is 4.03. The van der Waals surface area contributed by atoms with Gasteiger partial charge in [0.15, 0.2) is 18.9 Å². The molecule has 0 amide bonds. The summed E-state index contributed by atoms with van der Waals surface area (Å²) in [4.78, 5) is 0. The van der Waals surface area contributed by atoms with Crippen LogP contribution in [0.5, 0.6) is 0 Å². The van der Waals surface area contributed by atoms with Crippen molar-refractivity contribution < 1.29 is 79.9 Å². The van der Waals surface area contributed by atoms with Gasteiger partial charge < -0.3 is 79.9 Å². The first kappa shape index (κ1) is 27.9. The zero-order valence-corrected chi connectivity index (χ0v) is 17.7. The molecule has 3 aliphatic rings. The molecule has 0 unspecified atom stereocenters. The normalized spacial score (nSPS) is 52.5. The summed E-state index contributed by atoms with van der Waals surface area (Å²) in [5.41, 5.74) is 0. The van der Waals surface area contributed by atoms with Gasteiger partial charge in [0, 0.05) is 0 Å². The fraction of sp³-hybridized carbons (Fsp3) is 1.00. The highest BCUT2D eigenvalue weighted by Gasteiger charge is 2.53. The lowest BCUT2D eigenvalue weighted by atomic mass is 9.96. The van der Waals surface area contributed by atoms with Crippen molar-refractivity contribution in [3.63, 3.8) is 0 Å². The van der Waals surface area contributed by atoms with Gasteiger partial charge in [0.2, 0.25) is 0 Å². The van der Waals surface area contributed by atoms with Crippen LogP contribution in [0.3, 0.4) is 0 Å². The van der Waals surface area contributed by atoms with E-state index < -0.39 is 112 Å². The second-order valence-corrected chi connectivity index (χ2v) is 8.33. The second-order valence-electron chi connectivity index (χ2n) is 8.33. The van der Waals surface area contributed by atoms with Crippen molar-refractivity contribution in [3.8, 4) is 0 Å². The van der Waals surface area contributed by atoms with E-state index in [1.165, 1.54) is 0 Å². The van der Waals surface area contributed by atoms with Crippen LogP contribution in [0.2, 0.25) is 0 Å². The Morgan fingerprint density at radius 2 is 0.824 bits per heavy atom. The molecule has 0 radical (unpaired) electrons. The van der Waals surface area contributed by atoms with E-state index in [0.717, 1.165) is 0 Å². The minimum atomic E-state index is -1.94. The molecule has 34 heavy (non-hydrogen) atoms. The Balaban J connectivity index is 1.83. The molecule has 15 atom stereocenters. The average Bonchev–Trinajstić information content (AvgIpc) is 2.83. The Morgan fingerprint density at radius 1 is 0.441 bits per heavy atom. The van der Waals surface area contributed by atoms with Crippen LogP contribution >= 0.6 is 0 Å². The van der Waals surface area contributed by atoms with Crippen LogP contribution in [0.15, 0.2) is 0 Å². The number of hydrogen-bond donors (Lipinski definition) is 11. The van der Waals surface area contributed by atoms with Gasteiger partial charge in [-0.2, -0.15) is 0 Å². The molecule has 0 aromatic carbocycles. The fourth-order valence-electron chi connectivity index (χ4n) is 4.03. The van der Waals surface area contributed by atoms with E-state index in [2.05, 4.69) is 0 Å². The summed E-state index contributed by atoms with van der Waals surface area (Å²) in [6.07, 6.45) is -25.6. The summed E-state index contributed by atoms with van der Waals surface area (Å²) >= 11 is 0. The first-order valence-corrected chi connectivity index (χ1v) is 10.6. The highest BCUT2D eigenvalue weighted by molar-refractivity contribution is 4.96. The molecular weight excluding hydrogens is 472 g/mol. The summed E-state index contributed by atoms with van der Waals surface area (Å²) in [5.74, 6) is 0. The number of rotatable bonds is 7. The molecule has 11 N–H and O–H groups in total. The molecule has 3 rings (SSSR count). The van der Waals surface area contributed by atoms with Crippen molar-refractivity contribution in [3.05, 3.63) is 0 Å². The molecule has 0 spiro atoms. The van der Waals surface area contributed by atoms with Gasteiger partial charge in [0.1, 0.15) is 73.2 Å².